The fourth-order valence-corrected chi connectivity index (χ4v) is 8.50. The third kappa shape index (κ3) is 12.6. The Morgan fingerprint density at radius 1 is 0.292 bits per heavy atom. The Bertz CT molecular complexity index is 3370. The molecule has 0 aliphatic rings. The molecule has 0 spiro atoms. The molecule has 0 N–H and O–H groups in total. The van der Waals surface area contributed by atoms with Crippen LogP contribution in [0.2, 0.25) is 0 Å². The molecule has 72 heavy (non-hydrogen) atoms. The van der Waals surface area contributed by atoms with Gasteiger partial charge >= 0.3 is 20.1 Å². The first-order valence-corrected chi connectivity index (χ1v) is 24.0. The predicted molar refractivity (Wildman–Crippen MR) is 296 cm³/mol. The molecule has 0 bridgehead atoms. The Morgan fingerprint density at radius 3 is 1.42 bits per heavy atom. The minimum absolute atomic E-state index is 0. The molecule has 0 saturated heterocycles. The van der Waals surface area contributed by atoms with E-state index < -0.39 is 0 Å². The van der Waals surface area contributed by atoms with Crippen LogP contribution in [-0.4, -0.2) is 15.0 Å². The summed E-state index contributed by atoms with van der Waals surface area (Å²) in [6.45, 7) is 10.6. The van der Waals surface area contributed by atoms with Gasteiger partial charge in [-0.05, 0) is 100 Å². The molecule has 3 nitrogen and oxygen atoms in total. The summed E-state index contributed by atoms with van der Waals surface area (Å²) in [5.41, 5.74) is 24.2. The summed E-state index contributed by atoms with van der Waals surface area (Å²) in [4.78, 5) is 13.7. The van der Waals surface area contributed by atoms with Crippen molar-refractivity contribution in [3.63, 3.8) is 0 Å². The van der Waals surface area contributed by atoms with E-state index in [0.717, 1.165) is 44.9 Å². The van der Waals surface area contributed by atoms with Crippen molar-refractivity contribution >= 4 is 0 Å². The summed E-state index contributed by atoms with van der Waals surface area (Å²) in [7, 11) is 0. The van der Waals surface area contributed by atoms with Gasteiger partial charge in [0.25, 0.3) is 0 Å². The largest absolute Gasteiger partial charge is 3.00 e. The summed E-state index contributed by atoms with van der Waals surface area (Å²) in [5.74, 6) is 0. The average molecular weight is 1110 g/mol. The molecule has 0 fully saturated rings. The van der Waals surface area contributed by atoms with E-state index in [2.05, 4.69) is 213 Å². The molecule has 0 unspecified atom stereocenters. The number of nitrogens with zero attached hydrogens (tertiary/aromatic N) is 3. The van der Waals surface area contributed by atoms with E-state index in [1.54, 1.807) is 0 Å². The van der Waals surface area contributed by atoms with Gasteiger partial charge in [0.2, 0.25) is 0 Å². The summed E-state index contributed by atoms with van der Waals surface area (Å²) in [5, 5.41) is 0. The van der Waals surface area contributed by atoms with Crippen LogP contribution in [0.4, 0.5) is 0 Å². The maximum Gasteiger partial charge on any atom is 3.00 e. The third-order valence-electron chi connectivity index (χ3n) is 12.5. The van der Waals surface area contributed by atoms with Crippen LogP contribution in [0.25, 0.3) is 89.4 Å². The van der Waals surface area contributed by atoms with Gasteiger partial charge in [-0.25, -0.2) is 0 Å². The molecule has 350 valence electrons. The fourth-order valence-electron chi connectivity index (χ4n) is 8.50. The molecule has 3 aromatic heterocycles. The molecule has 3 heterocycles. The van der Waals surface area contributed by atoms with Crippen LogP contribution in [-0.2, 0) is 20.1 Å². The minimum atomic E-state index is 0. The maximum atomic E-state index is 4.60. The molecule has 0 aliphatic carbocycles. The number of aryl methyl sites for hydroxylation is 5. The van der Waals surface area contributed by atoms with Gasteiger partial charge in [0, 0.05) is 18.6 Å². The minimum Gasteiger partial charge on any atom is -0.304 e. The molecular weight excluding hydrogens is 1050 g/mol. The van der Waals surface area contributed by atoms with Gasteiger partial charge in [-0.1, -0.05) is 193 Å². The smallest absolute Gasteiger partial charge is 0.304 e. The molecule has 0 radical (unpaired) electrons. The molecule has 0 saturated carbocycles. The second-order valence-electron chi connectivity index (χ2n) is 17.7. The van der Waals surface area contributed by atoms with Crippen molar-refractivity contribution in [3.8, 4) is 89.4 Å². The Morgan fingerprint density at radius 2 is 0.819 bits per heavy atom. The zero-order valence-corrected chi connectivity index (χ0v) is 43.6. The number of benzene rings is 8. The van der Waals surface area contributed by atoms with Crippen molar-refractivity contribution in [1.29, 1.82) is 0 Å². The molecule has 0 atom stereocenters. The molecule has 0 amide bonds. The third-order valence-corrected chi connectivity index (χ3v) is 12.5. The predicted octanol–water partition coefficient (Wildman–Crippen LogP) is 17.5. The number of hydrogen-bond donors (Lipinski definition) is 0. The first-order valence-electron chi connectivity index (χ1n) is 24.0. The SMILES string of the molecule is Cc1ccc(-c2[c-]cc(C)c(-c3ccc(-c4ccccc4)cc3)c2)nc1.Cc1ccc(-c2cc(-c3[c-]cccc3)ncc2C)c(C)c1.[Ir+3].[c-]1cc(-c2ccccc2)ccc1-c1ccc(-c2ccccc2)cn1. The van der Waals surface area contributed by atoms with Gasteiger partial charge < -0.3 is 15.0 Å². The summed E-state index contributed by atoms with van der Waals surface area (Å²) in [6, 6.07) is 85.3. The van der Waals surface area contributed by atoms with Crippen LogP contribution in [0.3, 0.4) is 0 Å². The van der Waals surface area contributed by atoms with E-state index in [1.165, 1.54) is 72.3 Å². The molecule has 11 aromatic rings. The van der Waals surface area contributed by atoms with Gasteiger partial charge in [-0.2, -0.15) is 0 Å². The van der Waals surface area contributed by atoms with E-state index >= 15 is 0 Å². The van der Waals surface area contributed by atoms with Crippen molar-refractivity contribution < 1.29 is 20.1 Å². The zero-order valence-electron chi connectivity index (χ0n) is 41.2. The van der Waals surface area contributed by atoms with Crippen molar-refractivity contribution in [2.24, 2.45) is 0 Å². The Balaban J connectivity index is 0.000000144. The van der Waals surface area contributed by atoms with Crippen LogP contribution < -0.4 is 0 Å². The van der Waals surface area contributed by atoms with Crippen LogP contribution in [0.15, 0.2) is 237 Å². The maximum absolute atomic E-state index is 4.60. The van der Waals surface area contributed by atoms with Crippen LogP contribution in [0.1, 0.15) is 27.8 Å². The topological polar surface area (TPSA) is 38.7 Å². The van der Waals surface area contributed by atoms with Crippen molar-refractivity contribution in [2.75, 3.05) is 0 Å². The van der Waals surface area contributed by atoms with Gasteiger partial charge in [-0.15, -0.1) is 95.1 Å². The second-order valence-corrected chi connectivity index (χ2v) is 17.7. The Labute approximate surface area is 439 Å². The van der Waals surface area contributed by atoms with Crippen molar-refractivity contribution in [3.05, 3.63) is 283 Å². The zero-order chi connectivity index (χ0) is 48.9. The van der Waals surface area contributed by atoms with E-state index in [9.17, 15) is 0 Å². The Hall–Kier alpha value is -8.14. The first kappa shape index (κ1) is 50.3. The van der Waals surface area contributed by atoms with E-state index in [-0.39, 0.29) is 20.1 Å². The molecule has 4 heteroatoms. The number of pyridine rings is 3. The molecular formula is C68H54IrN3. The number of aromatic nitrogens is 3. The molecule has 0 aliphatic heterocycles. The second kappa shape index (κ2) is 24.1. The normalized spacial score (nSPS) is 10.5. The van der Waals surface area contributed by atoms with Crippen LogP contribution >= 0.6 is 0 Å². The van der Waals surface area contributed by atoms with Gasteiger partial charge in [0.15, 0.2) is 0 Å². The monoisotopic (exact) mass is 1110 g/mol. The number of hydrogen-bond acceptors (Lipinski definition) is 3. The Kier molecular flexibility index (Phi) is 16.8. The molecule has 11 rings (SSSR count). The summed E-state index contributed by atoms with van der Waals surface area (Å²) in [6.07, 6.45) is 5.77. The van der Waals surface area contributed by atoms with Crippen molar-refractivity contribution in [1.82, 2.24) is 15.0 Å². The number of rotatable bonds is 8. The average Bonchev–Trinajstić information content (AvgIpc) is 3.43. The van der Waals surface area contributed by atoms with Crippen LogP contribution in [0, 0.1) is 52.8 Å². The first-order chi connectivity index (χ1) is 34.8. The summed E-state index contributed by atoms with van der Waals surface area (Å²) >= 11 is 0. The van der Waals surface area contributed by atoms with Gasteiger partial charge in [-0.3, -0.25) is 0 Å². The van der Waals surface area contributed by atoms with E-state index in [0.29, 0.717) is 0 Å². The van der Waals surface area contributed by atoms with Crippen LogP contribution in [0.5, 0.6) is 0 Å². The van der Waals surface area contributed by atoms with Gasteiger partial charge in [0.1, 0.15) is 0 Å². The summed E-state index contributed by atoms with van der Waals surface area (Å²) < 4.78 is 0. The van der Waals surface area contributed by atoms with E-state index in [4.69, 9.17) is 0 Å². The standard InChI is InChI=1S/C25H20N.C23H16N.C20H18N.Ir/c1-18-8-15-25(26-17-18)23-10-9-19(2)24(16-23)22-13-11-21(12-14-22)20-6-4-3-5-7-20;1-3-7-18(8-4-1)20-11-13-21(14-12-20)23-16-15-22(17-24-23)19-9-5-2-6-10-19;1-14-9-10-18(15(2)11-14)19-12-20(21-13-16(19)3)17-7-5-4-6-8-17;/h3-9,11-17H,1-2H3;1-13,15-17H;4-7,9-13H,1-3H3;/q3*-1;+3. The van der Waals surface area contributed by atoms with Gasteiger partial charge in [0.05, 0.1) is 0 Å². The molecule has 8 aromatic carbocycles. The fraction of sp³-hybridized carbons (Fsp3) is 0.0735. The van der Waals surface area contributed by atoms with Crippen molar-refractivity contribution in [2.45, 2.75) is 34.6 Å². The quantitative estimate of drug-likeness (QED) is 0.142. The van der Waals surface area contributed by atoms with E-state index in [1.807, 2.05) is 91.4 Å².